The van der Waals surface area contributed by atoms with E-state index in [-0.39, 0.29) is 0 Å². The normalized spacial score (nSPS) is 14.8. The van der Waals surface area contributed by atoms with Gasteiger partial charge in [-0.3, -0.25) is 0 Å². The first-order chi connectivity index (χ1) is 8.22. The third-order valence-electron chi connectivity index (χ3n) is 3.61. The molecule has 0 rings (SSSR count). The van der Waals surface area contributed by atoms with Crippen LogP contribution in [0.25, 0.3) is 0 Å². The van der Waals surface area contributed by atoms with Gasteiger partial charge in [-0.05, 0) is 18.8 Å². The van der Waals surface area contributed by atoms with Crippen molar-refractivity contribution in [2.75, 3.05) is 6.61 Å². The summed E-state index contributed by atoms with van der Waals surface area (Å²) in [6, 6.07) is 0. The summed E-state index contributed by atoms with van der Waals surface area (Å²) in [6.45, 7) is 4.72. The van der Waals surface area contributed by atoms with Gasteiger partial charge in [0.1, 0.15) is 0 Å². The standard InChI is InChI=1S/C15H32OS/c1-3-4-5-6-7-8-9-10-11-15(12-13-16)14(2)17/h14-17H,3-13H2,1-2H3. The summed E-state index contributed by atoms with van der Waals surface area (Å²) >= 11 is 4.50. The SMILES string of the molecule is CCCCCCCCCCC(CCO)C(C)S. The molecule has 2 atom stereocenters. The topological polar surface area (TPSA) is 20.2 Å². The van der Waals surface area contributed by atoms with Crippen LogP contribution in [-0.4, -0.2) is 17.0 Å². The zero-order chi connectivity index (χ0) is 12.9. The van der Waals surface area contributed by atoms with Crippen LogP contribution in [0.5, 0.6) is 0 Å². The lowest BCUT2D eigenvalue weighted by molar-refractivity contribution is 0.249. The minimum Gasteiger partial charge on any atom is -0.396 e. The summed E-state index contributed by atoms with van der Waals surface area (Å²) in [5, 5.41) is 9.40. The maximum Gasteiger partial charge on any atom is 0.0434 e. The molecule has 0 aliphatic carbocycles. The summed E-state index contributed by atoms with van der Waals surface area (Å²) in [6.07, 6.45) is 13.2. The van der Waals surface area contributed by atoms with E-state index in [0.29, 0.717) is 17.8 Å². The van der Waals surface area contributed by atoms with Crippen LogP contribution in [-0.2, 0) is 0 Å². The van der Waals surface area contributed by atoms with Gasteiger partial charge in [-0.15, -0.1) is 0 Å². The molecule has 0 aromatic heterocycles. The number of rotatable bonds is 12. The van der Waals surface area contributed by atoms with Gasteiger partial charge in [0.2, 0.25) is 0 Å². The second-order valence-corrected chi connectivity index (χ2v) is 6.09. The van der Waals surface area contributed by atoms with Crippen LogP contribution in [0.1, 0.15) is 78.1 Å². The molecule has 0 aliphatic heterocycles. The quantitative estimate of drug-likeness (QED) is 0.380. The Bertz CT molecular complexity index is 148. The molecule has 0 saturated heterocycles. The monoisotopic (exact) mass is 260 g/mol. The first kappa shape index (κ1) is 17.3. The van der Waals surface area contributed by atoms with E-state index >= 15 is 0 Å². The third-order valence-corrected chi connectivity index (χ3v) is 4.03. The Morgan fingerprint density at radius 3 is 1.88 bits per heavy atom. The number of aliphatic hydroxyl groups excluding tert-OH is 1. The second-order valence-electron chi connectivity index (χ2n) is 5.28. The molecule has 0 heterocycles. The average molecular weight is 260 g/mol. The van der Waals surface area contributed by atoms with Crippen LogP contribution in [0.3, 0.4) is 0 Å². The zero-order valence-electron chi connectivity index (χ0n) is 11.8. The molecule has 17 heavy (non-hydrogen) atoms. The van der Waals surface area contributed by atoms with Crippen molar-refractivity contribution < 1.29 is 5.11 Å². The van der Waals surface area contributed by atoms with E-state index in [1.807, 2.05) is 0 Å². The van der Waals surface area contributed by atoms with Crippen LogP contribution >= 0.6 is 12.6 Å². The highest BCUT2D eigenvalue weighted by molar-refractivity contribution is 7.80. The number of hydrogen-bond donors (Lipinski definition) is 2. The summed E-state index contributed by atoms with van der Waals surface area (Å²) in [4.78, 5) is 0. The molecule has 104 valence electrons. The largest absolute Gasteiger partial charge is 0.396 e. The number of thiol groups is 1. The predicted molar refractivity (Wildman–Crippen MR) is 80.9 cm³/mol. The van der Waals surface area contributed by atoms with Gasteiger partial charge in [0.15, 0.2) is 0 Å². The molecule has 0 aromatic carbocycles. The van der Waals surface area contributed by atoms with E-state index in [1.54, 1.807) is 0 Å². The molecule has 0 radical (unpaired) electrons. The van der Waals surface area contributed by atoms with E-state index in [0.717, 1.165) is 6.42 Å². The molecule has 0 bridgehead atoms. The van der Waals surface area contributed by atoms with E-state index in [1.165, 1.54) is 57.8 Å². The molecule has 0 saturated carbocycles. The maximum absolute atomic E-state index is 8.97. The fourth-order valence-corrected chi connectivity index (χ4v) is 2.63. The van der Waals surface area contributed by atoms with E-state index in [2.05, 4.69) is 26.5 Å². The minimum atomic E-state index is 0.312. The first-order valence-electron chi connectivity index (χ1n) is 7.51. The van der Waals surface area contributed by atoms with Crippen molar-refractivity contribution in [1.82, 2.24) is 0 Å². The van der Waals surface area contributed by atoms with Crippen molar-refractivity contribution in [2.45, 2.75) is 83.3 Å². The zero-order valence-corrected chi connectivity index (χ0v) is 12.7. The third kappa shape index (κ3) is 11.1. The summed E-state index contributed by atoms with van der Waals surface area (Å²) in [5.41, 5.74) is 0. The van der Waals surface area contributed by atoms with Crippen molar-refractivity contribution in [3.63, 3.8) is 0 Å². The van der Waals surface area contributed by atoms with Crippen LogP contribution in [0.2, 0.25) is 0 Å². The van der Waals surface area contributed by atoms with Gasteiger partial charge in [0, 0.05) is 11.9 Å². The Kier molecular flexibility index (Phi) is 13.0. The summed E-state index contributed by atoms with van der Waals surface area (Å²) < 4.78 is 0. The Morgan fingerprint density at radius 1 is 0.882 bits per heavy atom. The van der Waals surface area contributed by atoms with Gasteiger partial charge < -0.3 is 5.11 Å². The van der Waals surface area contributed by atoms with Crippen molar-refractivity contribution in [3.8, 4) is 0 Å². The molecule has 1 nitrogen and oxygen atoms in total. The summed E-state index contributed by atoms with van der Waals surface area (Å²) in [7, 11) is 0. The number of hydrogen-bond acceptors (Lipinski definition) is 2. The maximum atomic E-state index is 8.97. The lowest BCUT2D eigenvalue weighted by atomic mass is 9.94. The van der Waals surface area contributed by atoms with Gasteiger partial charge in [0.05, 0.1) is 0 Å². The van der Waals surface area contributed by atoms with Crippen LogP contribution < -0.4 is 0 Å². The van der Waals surface area contributed by atoms with Crippen LogP contribution in [0, 0.1) is 5.92 Å². The van der Waals surface area contributed by atoms with Gasteiger partial charge >= 0.3 is 0 Å². The smallest absolute Gasteiger partial charge is 0.0434 e. The molecule has 0 aliphatic rings. The molecular weight excluding hydrogens is 228 g/mol. The van der Waals surface area contributed by atoms with Crippen LogP contribution in [0.4, 0.5) is 0 Å². The van der Waals surface area contributed by atoms with E-state index in [4.69, 9.17) is 5.11 Å². The molecule has 2 heteroatoms. The average Bonchev–Trinajstić information content (AvgIpc) is 2.31. The minimum absolute atomic E-state index is 0.312. The lowest BCUT2D eigenvalue weighted by Crippen LogP contribution is -2.13. The first-order valence-corrected chi connectivity index (χ1v) is 8.03. The van der Waals surface area contributed by atoms with Gasteiger partial charge in [-0.25, -0.2) is 0 Å². The molecule has 0 aromatic rings. The lowest BCUT2D eigenvalue weighted by Gasteiger charge is -2.18. The Balaban J connectivity index is 3.30. The van der Waals surface area contributed by atoms with Crippen molar-refractivity contribution in [3.05, 3.63) is 0 Å². The molecule has 1 N–H and O–H groups in total. The number of unbranched alkanes of at least 4 members (excludes halogenated alkanes) is 7. The Morgan fingerprint density at radius 2 is 1.41 bits per heavy atom. The predicted octanol–water partition coefficient (Wildman–Crippen LogP) is 4.83. The fourth-order valence-electron chi connectivity index (χ4n) is 2.33. The van der Waals surface area contributed by atoms with Crippen LogP contribution in [0.15, 0.2) is 0 Å². The Labute approximate surface area is 114 Å². The molecule has 0 spiro atoms. The molecule has 2 unspecified atom stereocenters. The van der Waals surface area contributed by atoms with Gasteiger partial charge in [-0.2, -0.15) is 12.6 Å². The van der Waals surface area contributed by atoms with Crippen molar-refractivity contribution in [1.29, 1.82) is 0 Å². The molecular formula is C15H32OS. The Hall–Kier alpha value is 0.310. The van der Waals surface area contributed by atoms with Crippen molar-refractivity contribution in [2.24, 2.45) is 5.92 Å². The summed E-state index contributed by atoms with van der Waals surface area (Å²) in [5.74, 6) is 0.600. The van der Waals surface area contributed by atoms with E-state index < -0.39 is 0 Å². The van der Waals surface area contributed by atoms with E-state index in [9.17, 15) is 0 Å². The highest BCUT2D eigenvalue weighted by Gasteiger charge is 2.12. The second kappa shape index (κ2) is 12.8. The number of aliphatic hydroxyl groups is 1. The molecule has 0 fully saturated rings. The van der Waals surface area contributed by atoms with Crippen molar-refractivity contribution >= 4 is 12.6 Å². The molecule has 0 amide bonds. The highest BCUT2D eigenvalue weighted by Crippen LogP contribution is 2.21. The van der Waals surface area contributed by atoms with Gasteiger partial charge in [-0.1, -0.05) is 65.2 Å². The fraction of sp³-hybridized carbons (Fsp3) is 1.00. The van der Waals surface area contributed by atoms with Gasteiger partial charge in [0.25, 0.3) is 0 Å². The highest BCUT2D eigenvalue weighted by atomic mass is 32.1.